The van der Waals surface area contributed by atoms with Gasteiger partial charge in [0.2, 0.25) is 10.0 Å². The second kappa shape index (κ2) is 6.70. The molecule has 1 aromatic carbocycles. The Hall–Kier alpha value is -1.90. The molecule has 112 valence electrons. The first kappa shape index (κ1) is 15.5. The minimum atomic E-state index is -3.71. The van der Waals surface area contributed by atoms with Crippen LogP contribution in [0, 0.1) is 0 Å². The minimum absolute atomic E-state index is 0.0127. The third kappa shape index (κ3) is 4.55. The lowest BCUT2D eigenvalue weighted by Gasteiger charge is -2.07. The number of rotatable bonds is 6. The second-order valence-corrected chi connectivity index (χ2v) is 6.35. The molecule has 0 amide bonds. The molecule has 2 N–H and O–H groups in total. The maximum atomic E-state index is 11.5. The fourth-order valence-electron chi connectivity index (χ4n) is 1.48. The molecule has 0 bridgehead atoms. The summed E-state index contributed by atoms with van der Waals surface area (Å²) in [6.45, 7) is 0.274. The van der Waals surface area contributed by atoms with Gasteiger partial charge in [0.25, 0.3) is 0 Å². The first-order chi connectivity index (χ1) is 9.97. The number of esters is 1. The molecule has 1 heterocycles. The van der Waals surface area contributed by atoms with Gasteiger partial charge in [-0.15, -0.1) is 0 Å². The Morgan fingerprint density at radius 3 is 2.43 bits per heavy atom. The first-order valence-corrected chi connectivity index (χ1v) is 8.41. The summed E-state index contributed by atoms with van der Waals surface area (Å²) in [7, 11) is -3.71. The third-order valence-electron chi connectivity index (χ3n) is 2.49. The Kier molecular flexibility index (Phi) is 4.94. The zero-order chi connectivity index (χ0) is 15.3. The smallest absolute Gasteiger partial charge is 0.339 e. The van der Waals surface area contributed by atoms with Crippen molar-refractivity contribution in [2.24, 2.45) is 5.14 Å². The van der Waals surface area contributed by atoms with Crippen molar-refractivity contribution >= 4 is 27.3 Å². The van der Waals surface area contributed by atoms with Gasteiger partial charge in [-0.1, -0.05) is 0 Å². The van der Waals surface area contributed by atoms with E-state index in [1.807, 2.05) is 0 Å². The maximum absolute atomic E-state index is 11.5. The fraction of sp³-hybridized carbons (Fsp3) is 0.154. The van der Waals surface area contributed by atoms with Gasteiger partial charge in [0.05, 0.1) is 10.5 Å². The topological polar surface area (TPSA) is 95.7 Å². The van der Waals surface area contributed by atoms with E-state index in [0.717, 1.165) is 0 Å². The van der Waals surface area contributed by atoms with Crippen LogP contribution in [0.2, 0.25) is 0 Å². The lowest BCUT2D eigenvalue weighted by molar-refractivity contribution is 0.0451. The molecule has 0 atom stereocenters. The summed E-state index contributed by atoms with van der Waals surface area (Å²) in [6.07, 6.45) is 0. The third-order valence-corrected chi connectivity index (χ3v) is 4.11. The van der Waals surface area contributed by atoms with Crippen LogP contribution in [-0.4, -0.2) is 27.6 Å². The number of carbonyl (C=O) groups is 1. The van der Waals surface area contributed by atoms with Crippen LogP contribution in [-0.2, 0) is 14.8 Å². The second-order valence-electron chi connectivity index (χ2n) is 4.01. The van der Waals surface area contributed by atoms with E-state index < -0.39 is 16.0 Å². The van der Waals surface area contributed by atoms with E-state index in [0.29, 0.717) is 11.3 Å². The van der Waals surface area contributed by atoms with Crippen molar-refractivity contribution in [1.29, 1.82) is 0 Å². The molecule has 0 aliphatic heterocycles. The van der Waals surface area contributed by atoms with Crippen molar-refractivity contribution in [3.8, 4) is 5.75 Å². The summed E-state index contributed by atoms with van der Waals surface area (Å²) < 4.78 is 32.5. The lowest BCUT2D eigenvalue weighted by Crippen LogP contribution is -2.13. The summed E-state index contributed by atoms with van der Waals surface area (Å²) in [5.41, 5.74) is 0.512. The van der Waals surface area contributed by atoms with Crippen LogP contribution in [0.4, 0.5) is 0 Å². The Morgan fingerprint density at radius 1 is 1.14 bits per heavy atom. The van der Waals surface area contributed by atoms with Gasteiger partial charge in [0, 0.05) is 5.38 Å². The first-order valence-electron chi connectivity index (χ1n) is 5.92. The summed E-state index contributed by atoms with van der Waals surface area (Å²) in [5.74, 6) is 0.0680. The number of ether oxygens (including phenoxy) is 2. The zero-order valence-electron chi connectivity index (χ0n) is 10.9. The Labute approximate surface area is 126 Å². The number of thiophene rings is 1. The molecule has 1 aromatic heterocycles. The molecule has 0 saturated carbocycles. The van der Waals surface area contributed by atoms with Crippen molar-refractivity contribution in [2.45, 2.75) is 4.90 Å². The standard InChI is InChI=1S/C13H13NO5S2/c14-21(16,17)12-3-1-11(2-4-12)18-6-7-19-13(15)10-5-8-20-9-10/h1-5,8-9H,6-7H2,(H2,14,16,17). The van der Waals surface area contributed by atoms with Gasteiger partial charge in [-0.3, -0.25) is 0 Å². The molecule has 2 rings (SSSR count). The fourth-order valence-corrected chi connectivity index (χ4v) is 2.62. The van der Waals surface area contributed by atoms with E-state index in [2.05, 4.69) is 0 Å². The van der Waals surface area contributed by atoms with Gasteiger partial charge in [-0.2, -0.15) is 11.3 Å². The summed E-state index contributed by atoms with van der Waals surface area (Å²) in [5, 5.41) is 8.48. The van der Waals surface area contributed by atoms with Gasteiger partial charge in [0.1, 0.15) is 19.0 Å². The predicted octanol–water partition coefficient (Wildman–Crippen LogP) is 1.63. The van der Waals surface area contributed by atoms with E-state index in [1.165, 1.54) is 35.6 Å². The monoisotopic (exact) mass is 327 g/mol. The van der Waals surface area contributed by atoms with Gasteiger partial charge >= 0.3 is 5.97 Å². The molecular formula is C13H13NO5S2. The molecule has 0 aliphatic rings. The van der Waals surface area contributed by atoms with Gasteiger partial charge in [-0.25, -0.2) is 18.4 Å². The van der Waals surface area contributed by atoms with E-state index in [-0.39, 0.29) is 18.1 Å². The van der Waals surface area contributed by atoms with E-state index in [1.54, 1.807) is 16.8 Å². The van der Waals surface area contributed by atoms with Gasteiger partial charge in [0.15, 0.2) is 0 Å². The molecule has 0 unspecified atom stereocenters. The number of hydrogen-bond donors (Lipinski definition) is 1. The number of sulfonamides is 1. The van der Waals surface area contributed by atoms with Crippen molar-refractivity contribution in [2.75, 3.05) is 13.2 Å². The molecule has 2 aromatic rings. The van der Waals surface area contributed by atoms with Crippen LogP contribution < -0.4 is 9.88 Å². The van der Waals surface area contributed by atoms with Crippen molar-refractivity contribution in [1.82, 2.24) is 0 Å². The van der Waals surface area contributed by atoms with Crippen LogP contribution in [0.3, 0.4) is 0 Å². The highest BCUT2D eigenvalue weighted by molar-refractivity contribution is 7.89. The van der Waals surface area contributed by atoms with Crippen LogP contribution in [0.15, 0.2) is 46.0 Å². The van der Waals surface area contributed by atoms with E-state index in [4.69, 9.17) is 14.6 Å². The van der Waals surface area contributed by atoms with Gasteiger partial charge < -0.3 is 9.47 Å². The SMILES string of the molecule is NS(=O)(=O)c1ccc(OCCOC(=O)c2ccsc2)cc1. The number of benzene rings is 1. The van der Waals surface area contributed by atoms with Crippen LogP contribution in [0.25, 0.3) is 0 Å². The number of carbonyl (C=O) groups excluding carboxylic acids is 1. The number of hydrogen-bond acceptors (Lipinski definition) is 6. The Bertz CT molecular complexity index is 693. The largest absolute Gasteiger partial charge is 0.490 e. The Morgan fingerprint density at radius 2 is 1.86 bits per heavy atom. The quantitative estimate of drug-likeness (QED) is 0.642. The normalized spacial score (nSPS) is 11.1. The molecule has 0 fully saturated rings. The Balaban J connectivity index is 1.78. The summed E-state index contributed by atoms with van der Waals surface area (Å²) in [4.78, 5) is 11.5. The molecule has 0 spiro atoms. The average Bonchev–Trinajstić information content (AvgIpc) is 2.97. The molecule has 8 heteroatoms. The van der Waals surface area contributed by atoms with Crippen molar-refractivity contribution in [3.63, 3.8) is 0 Å². The summed E-state index contributed by atoms with van der Waals surface area (Å²) in [6, 6.07) is 7.35. The van der Waals surface area contributed by atoms with Crippen LogP contribution in [0.1, 0.15) is 10.4 Å². The van der Waals surface area contributed by atoms with Crippen LogP contribution >= 0.6 is 11.3 Å². The highest BCUT2D eigenvalue weighted by Crippen LogP contribution is 2.14. The molecule has 6 nitrogen and oxygen atoms in total. The van der Waals surface area contributed by atoms with E-state index >= 15 is 0 Å². The molecule has 21 heavy (non-hydrogen) atoms. The van der Waals surface area contributed by atoms with Crippen molar-refractivity contribution in [3.05, 3.63) is 46.7 Å². The molecule has 0 aliphatic carbocycles. The summed E-state index contributed by atoms with van der Waals surface area (Å²) >= 11 is 1.42. The highest BCUT2D eigenvalue weighted by atomic mass is 32.2. The maximum Gasteiger partial charge on any atom is 0.339 e. The molecule has 0 radical (unpaired) electrons. The van der Waals surface area contributed by atoms with Crippen molar-refractivity contribution < 1.29 is 22.7 Å². The molecule has 0 saturated heterocycles. The lowest BCUT2D eigenvalue weighted by atomic mass is 10.3. The van der Waals surface area contributed by atoms with Crippen LogP contribution in [0.5, 0.6) is 5.75 Å². The average molecular weight is 327 g/mol. The van der Waals surface area contributed by atoms with Gasteiger partial charge in [-0.05, 0) is 35.7 Å². The zero-order valence-corrected chi connectivity index (χ0v) is 12.5. The predicted molar refractivity (Wildman–Crippen MR) is 77.9 cm³/mol. The molecular weight excluding hydrogens is 314 g/mol. The van der Waals surface area contributed by atoms with E-state index in [9.17, 15) is 13.2 Å². The highest BCUT2D eigenvalue weighted by Gasteiger charge is 2.08. The number of nitrogens with two attached hydrogens (primary N) is 1. The minimum Gasteiger partial charge on any atom is -0.490 e. The number of primary sulfonamides is 1.